The zero-order valence-corrected chi connectivity index (χ0v) is 11.2. The van der Waals surface area contributed by atoms with Gasteiger partial charge in [-0.05, 0) is 28.1 Å². The summed E-state index contributed by atoms with van der Waals surface area (Å²) in [4.78, 5) is 11.1. The van der Waals surface area contributed by atoms with Gasteiger partial charge in [0.1, 0.15) is 11.5 Å². The second-order valence-electron chi connectivity index (χ2n) is 3.43. The highest BCUT2D eigenvalue weighted by Crippen LogP contribution is 2.36. The molecule has 0 bridgehead atoms. The maximum Gasteiger partial charge on any atom is 0.307 e. The first-order valence-electron chi connectivity index (χ1n) is 4.88. The predicted molar refractivity (Wildman–Crippen MR) is 65.9 cm³/mol. The molecule has 0 saturated heterocycles. The zero-order chi connectivity index (χ0) is 13.0. The van der Waals surface area contributed by atoms with Crippen LogP contribution >= 0.6 is 15.9 Å². The van der Waals surface area contributed by atoms with Crippen molar-refractivity contribution in [2.75, 3.05) is 14.2 Å². The lowest BCUT2D eigenvalue weighted by Gasteiger charge is -2.15. The molecule has 0 unspecified atom stereocenters. The van der Waals surface area contributed by atoms with Crippen molar-refractivity contribution in [2.45, 2.75) is 12.5 Å². The number of halogens is 1. The molecule has 1 aromatic carbocycles. The van der Waals surface area contributed by atoms with E-state index < -0.39 is 12.0 Å². The minimum Gasteiger partial charge on any atom is -0.506 e. The summed E-state index contributed by atoms with van der Waals surface area (Å²) in [6.45, 7) is 0. The molecule has 0 spiro atoms. The number of phenolic OH excluding ortho intramolecular Hbond substituents is 1. The standard InChI is InChI=1S/C11H14BrNO4/c1-16-6-3-7(11(15)8(12)4-6)9(13)5-10(14)17-2/h3-4,9,15H,5,13H2,1-2H3/t9-/m1/s1. The minimum atomic E-state index is -0.645. The third-order valence-corrected chi connectivity index (χ3v) is 2.92. The molecule has 0 aliphatic rings. The van der Waals surface area contributed by atoms with Crippen LogP contribution < -0.4 is 10.5 Å². The number of ether oxygens (including phenoxy) is 2. The van der Waals surface area contributed by atoms with Gasteiger partial charge >= 0.3 is 5.97 Å². The molecule has 17 heavy (non-hydrogen) atoms. The molecule has 0 radical (unpaired) electrons. The van der Waals surface area contributed by atoms with Crippen molar-refractivity contribution in [3.8, 4) is 11.5 Å². The summed E-state index contributed by atoms with van der Waals surface area (Å²) in [7, 11) is 2.80. The molecule has 94 valence electrons. The van der Waals surface area contributed by atoms with E-state index in [0.29, 0.717) is 15.8 Å². The fraction of sp³-hybridized carbons (Fsp3) is 0.364. The Bertz CT molecular complexity index is 422. The highest BCUT2D eigenvalue weighted by atomic mass is 79.9. The fourth-order valence-electron chi connectivity index (χ4n) is 1.37. The number of benzene rings is 1. The maximum atomic E-state index is 11.1. The van der Waals surface area contributed by atoms with Gasteiger partial charge < -0.3 is 20.3 Å². The van der Waals surface area contributed by atoms with Gasteiger partial charge in [-0.3, -0.25) is 4.79 Å². The van der Waals surface area contributed by atoms with E-state index in [4.69, 9.17) is 10.5 Å². The Balaban J connectivity index is 3.03. The highest BCUT2D eigenvalue weighted by Gasteiger charge is 2.18. The van der Waals surface area contributed by atoms with Crippen LogP contribution in [0.5, 0.6) is 11.5 Å². The van der Waals surface area contributed by atoms with Crippen LogP contribution in [-0.4, -0.2) is 25.3 Å². The second-order valence-corrected chi connectivity index (χ2v) is 4.29. The molecule has 0 heterocycles. The fourth-order valence-corrected chi connectivity index (χ4v) is 1.82. The van der Waals surface area contributed by atoms with Gasteiger partial charge in [0.05, 0.1) is 25.1 Å². The van der Waals surface area contributed by atoms with Crippen molar-refractivity contribution in [1.29, 1.82) is 0 Å². The summed E-state index contributed by atoms with van der Waals surface area (Å²) < 4.78 is 10.0. The Morgan fingerprint density at radius 1 is 1.53 bits per heavy atom. The Labute approximate surface area is 108 Å². The molecule has 1 rings (SSSR count). The number of methoxy groups -OCH3 is 2. The lowest BCUT2D eigenvalue weighted by atomic mass is 10.0. The molecule has 0 aliphatic carbocycles. The van der Waals surface area contributed by atoms with Gasteiger partial charge in [0, 0.05) is 11.6 Å². The number of hydrogen-bond acceptors (Lipinski definition) is 5. The topological polar surface area (TPSA) is 81.8 Å². The largest absolute Gasteiger partial charge is 0.506 e. The summed E-state index contributed by atoms with van der Waals surface area (Å²) in [5.41, 5.74) is 6.26. The number of nitrogens with two attached hydrogens (primary N) is 1. The van der Waals surface area contributed by atoms with Crippen LogP contribution in [0.2, 0.25) is 0 Å². The molecule has 0 fully saturated rings. The van der Waals surface area contributed by atoms with Crippen molar-refractivity contribution in [3.63, 3.8) is 0 Å². The van der Waals surface area contributed by atoms with Crippen LogP contribution in [-0.2, 0) is 9.53 Å². The van der Waals surface area contributed by atoms with Gasteiger partial charge in [-0.15, -0.1) is 0 Å². The Hall–Kier alpha value is -1.27. The van der Waals surface area contributed by atoms with E-state index in [-0.39, 0.29) is 12.2 Å². The van der Waals surface area contributed by atoms with Crippen LogP contribution in [0, 0.1) is 0 Å². The monoisotopic (exact) mass is 303 g/mol. The van der Waals surface area contributed by atoms with Crippen LogP contribution in [0.4, 0.5) is 0 Å². The van der Waals surface area contributed by atoms with E-state index in [1.54, 1.807) is 12.1 Å². The number of esters is 1. The van der Waals surface area contributed by atoms with Crippen molar-refractivity contribution >= 4 is 21.9 Å². The van der Waals surface area contributed by atoms with E-state index in [2.05, 4.69) is 20.7 Å². The summed E-state index contributed by atoms with van der Waals surface area (Å²) >= 11 is 3.19. The zero-order valence-electron chi connectivity index (χ0n) is 9.57. The molecule has 3 N–H and O–H groups in total. The second kappa shape index (κ2) is 5.88. The molecule has 5 nitrogen and oxygen atoms in total. The molecule has 0 amide bonds. The van der Waals surface area contributed by atoms with Crippen molar-refractivity contribution < 1.29 is 19.4 Å². The molecule has 1 aromatic rings. The van der Waals surface area contributed by atoms with Crippen LogP contribution in [0.15, 0.2) is 16.6 Å². The smallest absolute Gasteiger partial charge is 0.307 e. The van der Waals surface area contributed by atoms with Crippen LogP contribution in [0.1, 0.15) is 18.0 Å². The quantitative estimate of drug-likeness (QED) is 0.828. The average Bonchev–Trinajstić information content (AvgIpc) is 2.31. The lowest BCUT2D eigenvalue weighted by Crippen LogP contribution is -2.16. The normalized spacial score (nSPS) is 12.0. The van der Waals surface area contributed by atoms with Crippen LogP contribution in [0.3, 0.4) is 0 Å². The van der Waals surface area contributed by atoms with Gasteiger partial charge in [-0.25, -0.2) is 0 Å². The first-order valence-corrected chi connectivity index (χ1v) is 5.67. The van der Waals surface area contributed by atoms with Gasteiger partial charge in [0.15, 0.2) is 0 Å². The van der Waals surface area contributed by atoms with Gasteiger partial charge in [-0.1, -0.05) is 0 Å². The summed E-state index contributed by atoms with van der Waals surface area (Å²) in [5.74, 6) is 0.114. The van der Waals surface area contributed by atoms with Crippen molar-refractivity contribution in [2.24, 2.45) is 5.73 Å². The van der Waals surface area contributed by atoms with E-state index in [9.17, 15) is 9.90 Å². The van der Waals surface area contributed by atoms with E-state index in [1.807, 2.05) is 0 Å². The Morgan fingerprint density at radius 3 is 2.71 bits per heavy atom. The number of carbonyl (C=O) groups is 1. The molecule has 0 saturated carbocycles. The number of phenols is 1. The molecule has 1 atom stereocenters. The number of aromatic hydroxyl groups is 1. The number of hydrogen-bond donors (Lipinski definition) is 2. The molecular weight excluding hydrogens is 290 g/mol. The molecule has 0 aliphatic heterocycles. The molecular formula is C11H14BrNO4. The first kappa shape index (κ1) is 13.8. The maximum absolute atomic E-state index is 11.1. The third-order valence-electron chi connectivity index (χ3n) is 2.32. The van der Waals surface area contributed by atoms with E-state index in [0.717, 1.165) is 0 Å². The predicted octanol–water partition coefficient (Wildman–Crippen LogP) is 1.73. The third kappa shape index (κ3) is 3.34. The number of rotatable bonds is 4. The van der Waals surface area contributed by atoms with Gasteiger partial charge in [0.25, 0.3) is 0 Å². The first-order chi connectivity index (χ1) is 7.99. The minimum absolute atomic E-state index is 0.00204. The Kier molecular flexibility index (Phi) is 4.77. The van der Waals surface area contributed by atoms with Crippen LogP contribution in [0.25, 0.3) is 0 Å². The van der Waals surface area contributed by atoms with Gasteiger partial charge in [0.2, 0.25) is 0 Å². The van der Waals surface area contributed by atoms with Gasteiger partial charge in [-0.2, -0.15) is 0 Å². The van der Waals surface area contributed by atoms with Crippen molar-refractivity contribution in [3.05, 3.63) is 22.2 Å². The highest BCUT2D eigenvalue weighted by molar-refractivity contribution is 9.10. The van der Waals surface area contributed by atoms with E-state index >= 15 is 0 Å². The average molecular weight is 304 g/mol. The number of carbonyl (C=O) groups excluding carboxylic acids is 1. The molecule has 0 aromatic heterocycles. The lowest BCUT2D eigenvalue weighted by molar-refractivity contribution is -0.141. The summed E-state index contributed by atoms with van der Waals surface area (Å²) in [5, 5.41) is 9.84. The summed E-state index contributed by atoms with van der Waals surface area (Å²) in [6.07, 6.45) is -0.0103. The SMILES string of the molecule is COC(=O)C[C@@H](N)c1cc(OC)cc(Br)c1O. The summed E-state index contributed by atoms with van der Waals surface area (Å²) in [6, 6.07) is 2.56. The van der Waals surface area contributed by atoms with Crippen molar-refractivity contribution in [1.82, 2.24) is 0 Å². The molecule has 6 heteroatoms. The van der Waals surface area contributed by atoms with E-state index in [1.165, 1.54) is 14.2 Å². The Morgan fingerprint density at radius 2 is 2.18 bits per heavy atom.